The lowest BCUT2D eigenvalue weighted by molar-refractivity contribution is -0.139. The zero-order valence-corrected chi connectivity index (χ0v) is 13.2. The summed E-state index contributed by atoms with van der Waals surface area (Å²) in [6.07, 6.45) is 5.21. The van der Waals surface area contributed by atoms with Crippen molar-refractivity contribution in [2.45, 2.75) is 70.4 Å². The fourth-order valence-electron chi connectivity index (χ4n) is 3.40. The second-order valence-corrected chi connectivity index (χ2v) is 6.93. The molecule has 0 aromatic carbocycles. The van der Waals surface area contributed by atoms with Crippen LogP contribution in [0.3, 0.4) is 0 Å². The van der Waals surface area contributed by atoms with Crippen molar-refractivity contribution in [2.75, 3.05) is 13.1 Å². The Morgan fingerprint density at radius 3 is 2.33 bits per heavy atom. The lowest BCUT2D eigenvalue weighted by Crippen LogP contribution is -2.46. The van der Waals surface area contributed by atoms with Crippen LogP contribution in [0.25, 0.3) is 0 Å². The molecule has 0 spiro atoms. The van der Waals surface area contributed by atoms with Crippen LogP contribution in [0, 0.1) is 5.92 Å². The van der Waals surface area contributed by atoms with E-state index in [0.29, 0.717) is 13.1 Å². The molecule has 1 saturated carbocycles. The van der Waals surface area contributed by atoms with Gasteiger partial charge in [0.2, 0.25) is 11.8 Å². The zero-order chi connectivity index (χ0) is 15.5. The van der Waals surface area contributed by atoms with E-state index in [-0.39, 0.29) is 30.2 Å². The van der Waals surface area contributed by atoms with Crippen molar-refractivity contribution < 1.29 is 14.7 Å². The first kappa shape index (κ1) is 16.3. The lowest BCUT2D eigenvalue weighted by atomic mass is 9.93. The summed E-state index contributed by atoms with van der Waals surface area (Å²) >= 11 is 0. The maximum absolute atomic E-state index is 12.3. The van der Waals surface area contributed by atoms with Gasteiger partial charge in [0, 0.05) is 25.0 Å². The predicted molar refractivity (Wildman–Crippen MR) is 80.6 cm³/mol. The topological polar surface area (TPSA) is 69.6 Å². The van der Waals surface area contributed by atoms with Gasteiger partial charge in [0.25, 0.3) is 0 Å². The number of carbonyl (C=O) groups is 2. The molecule has 2 rings (SSSR count). The number of nitrogens with one attached hydrogen (secondary N) is 1. The van der Waals surface area contributed by atoms with Crippen LogP contribution in [0.15, 0.2) is 0 Å². The van der Waals surface area contributed by atoms with Crippen molar-refractivity contribution in [1.29, 1.82) is 0 Å². The Kier molecular flexibility index (Phi) is 5.25. The average Bonchev–Trinajstić information content (AvgIpc) is 2.84. The molecule has 0 atom stereocenters. The van der Waals surface area contributed by atoms with Crippen molar-refractivity contribution in [1.82, 2.24) is 10.2 Å². The predicted octanol–water partition coefficient (Wildman–Crippen LogP) is 1.44. The molecule has 0 aromatic heterocycles. The summed E-state index contributed by atoms with van der Waals surface area (Å²) < 4.78 is 0. The van der Waals surface area contributed by atoms with Crippen LogP contribution in [-0.2, 0) is 9.59 Å². The summed E-state index contributed by atoms with van der Waals surface area (Å²) in [5, 5.41) is 13.3. The molecule has 1 aliphatic heterocycles. The molecule has 5 heteroatoms. The zero-order valence-electron chi connectivity index (χ0n) is 13.2. The largest absolute Gasteiger partial charge is 0.389 e. The fraction of sp³-hybridized carbons (Fsp3) is 0.875. The van der Waals surface area contributed by atoms with E-state index in [2.05, 4.69) is 5.32 Å². The van der Waals surface area contributed by atoms with Gasteiger partial charge in [-0.1, -0.05) is 12.8 Å². The third kappa shape index (κ3) is 4.43. The number of amides is 2. The Hall–Kier alpha value is -1.10. The molecule has 5 nitrogen and oxygen atoms in total. The molecule has 0 radical (unpaired) electrons. The molecule has 2 aliphatic rings. The Labute approximate surface area is 127 Å². The molecule has 1 saturated heterocycles. The van der Waals surface area contributed by atoms with Gasteiger partial charge in [-0.15, -0.1) is 0 Å². The van der Waals surface area contributed by atoms with Gasteiger partial charge in [0.1, 0.15) is 0 Å². The van der Waals surface area contributed by atoms with Crippen molar-refractivity contribution >= 4 is 11.8 Å². The highest BCUT2D eigenvalue weighted by Crippen LogP contribution is 2.33. The van der Waals surface area contributed by atoms with Crippen LogP contribution >= 0.6 is 0 Å². The highest BCUT2D eigenvalue weighted by molar-refractivity contribution is 5.80. The molecule has 2 N–H and O–H groups in total. The van der Waals surface area contributed by atoms with Gasteiger partial charge in [-0.05, 0) is 39.5 Å². The van der Waals surface area contributed by atoms with Crippen LogP contribution in [0.1, 0.15) is 58.8 Å². The molecule has 0 bridgehead atoms. The van der Waals surface area contributed by atoms with Crippen molar-refractivity contribution in [3.05, 3.63) is 0 Å². The molecule has 2 fully saturated rings. The molecule has 0 unspecified atom stereocenters. The standard InChI is InChI=1S/C16H28N2O3/c1-12(2)17-15(20)13-5-9-18(10-6-13)14(19)11-16(21)7-3-4-8-16/h12-13,21H,3-11H2,1-2H3,(H,17,20). The van der Waals surface area contributed by atoms with Gasteiger partial charge in [-0.3, -0.25) is 9.59 Å². The van der Waals surface area contributed by atoms with E-state index in [1.165, 1.54) is 0 Å². The molecule has 1 aliphatic carbocycles. The number of carbonyl (C=O) groups excluding carboxylic acids is 2. The fourth-order valence-corrected chi connectivity index (χ4v) is 3.40. The number of likely N-dealkylation sites (tertiary alicyclic amines) is 1. The second kappa shape index (κ2) is 6.77. The molecule has 120 valence electrons. The van der Waals surface area contributed by atoms with Gasteiger partial charge in [-0.25, -0.2) is 0 Å². The minimum absolute atomic E-state index is 0.0195. The summed E-state index contributed by atoms with van der Waals surface area (Å²) in [7, 11) is 0. The summed E-state index contributed by atoms with van der Waals surface area (Å²) in [5.41, 5.74) is -0.775. The molecule has 2 amide bonds. The van der Waals surface area contributed by atoms with Crippen LogP contribution in [0.5, 0.6) is 0 Å². The van der Waals surface area contributed by atoms with Gasteiger partial charge in [0.05, 0.1) is 12.0 Å². The SMILES string of the molecule is CC(C)NC(=O)C1CCN(C(=O)CC2(O)CCCC2)CC1. The molecular formula is C16H28N2O3. The normalized spacial score (nSPS) is 22.6. The molecule has 1 heterocycles. The summed E-state index contributed by atoms with van der Waals surface area (Å²) in [4.78, 5) is 26.1. The van der Waals surface area contributed by atoms with Crippen LogP contribution in [0.2, 0.25) is 0 Å². The maximum atomic E-state index is 12.3. The first-order chi connectivity index (χ1) is 9.89. The molecular weight excluding hydrogens is 268 g/mol. The second-order valence-electron chi connectivity index (χ2n) is 6.93. The molecule has 0 aromatic rings. The smallest absolute Gasteiger partial charge is 0.225 e. The van der Waals surface area contributed by atoms with Gasteiger partial charge in [-0.2, -0.15) is 0 Å². The minimum Gasteiger partial charge on any atom is -0.389 e. The van der Waals surface area contributed by atoms with E-state index in [0.717, 1.165) is 38.5 Å². The lowest BCUT2D eigenvalue weighted by Gasteiger charge is -2.33. The van der Waals surface area contributed by atoms with Crippen LogP contribution in [-0.4, -0.2) is 46.6 Å². The van der Waals surface area contributed by atoms with E-state index in [4.69, 9.17) is 0 Å². The number of hydrogen-bond acceptors (Lipinski definition) is 3. The highest BCUT2D eigenvalue weighted by Gasteiger charge is 2.36. The number of rotatable bonds is 4. The summed E-state index contributed by atoms with van der Waals surface area (Å²) in [5.74, 6) is 0.166. The molecule has 21 heavy (non-hydrogen) atoms. The highest BCUT2D eigenvalue weighted by atomic mass is 16.3. The summed E-state index contributed by atoms with van der Waals surface area (Å²) in [6, 6.07) is 0.161. The quantitative estimate of drug-likeness (QED) is 0.825. The third-order valence-corrected chi connectivity index (χ3v) is 4.66. The Balaban J connectivity index is 1.78. The average molecular weight is 296 g/mol. The first-order valence-electron chi connectivity index (χ1n) is 8.20. The Morgan fingerprint density at radius 2 is 1.81 bits per heavy atom. The summed E-state index contributed by atoms with van der Waals surface area (Å²) in [6.45, 7) is 5.17. The number of hydrogen-bond donors (Lipinski definition) is 2. The van der Waals surface area contributed by atoms with Crippen LogP contribution < -0.4 is 5.32 Å². The van der Waals surface area contributed by atoms with Crippen LogP contribution in [0.4, 0.5) is 0 Å². The van der Waals surface area contributed by atoms with E-state index < -0.39 is 5.60 Å². The number of aliphatic hydroxyl groups is 1. The van der Waals surface area contributed by atoms with E-state index in [9.17, 15) is 14.7 Å². The van der Waals surface area contributed by atoms with Crippen molar-refractivity contribution in [3.63, 3.8) is 0 Å². The number of nitrogens with zero attached hydrogens (tertiary/aromatic N) is 1. The monoisotopic (exact) mass is 296 g/mol. The Bertz CT molecular complexity index is 381. The minimum atomic E-state index is -0.775. The van der Waals surface area contributed by atoms with Gasteiger partial charge in [0.15, 0.2) is 0 Å². The van der Waals surface area contributed by atoms with Gasteiger partial charge < -0.3 is 15.3 Å². The van der Waals surface area contributed by atoms with Crippen molar-refractivity contribution in [2.24, 2.45) is 5.92 Å². The van der Waals surface area contributed by atoms with E-state index in [1.807, 2.05) is 18.7 Å². The van der Waals surface area contributed by atoms with Gasteiger partial charge >= 0.3 is 0 Å². The first-order valence-corrected chi connectivity index (χ1v) is 8.20. The third-order valence-electron chi connectivity index (χ3n) is 4.66. The van der Waals surface area contributed by atoms with E-state index in [1.54, 1.807) is 0 Å². The number of piperidine rings is 1. The van der Waals surface area contributed by atoms with E-state index >= 15 is 0 Å². The van der Waals surface area contributed by atoms with Crippen molar-refractivity contribution in [3.8, 4) is 0 Å². The maximum Gasteiger partial charge on any atom is 0.225 e. The Morgan fingerprint density at radius 1 is 1.24 bits per heavy atom.